The first-order valence-corrected chi connectivity index (χ1v) is 9.18. The zero-order valence-corrected chi connectivity index (χ0v) is 13.7. The van der Waals surface area contributed by atoms with Crippen LogP contribution in [0.2, 0.25) is 0 Å². The van der Waals surface area contributed by atoms with E-state index in [9.17, 15) is 0 Å². The number of benzene rings is 1. The molecule has 0 aromatic heterocycles. The van der Waals surface area contributed by atoms with Gasteiger partial charge in [0.25, 0.3) is 0 Å². The molecule has 3 nitrogen and oxygen atoms in total. The highest BCUT2D eigenvalue weighted by Gasteiger charge is 2.29. The van der Waals surface area contributed by atoms with Crippen molar-refractivity contribution in [2.75, 3.05) is 44.8 Å². The van der Waals surface area contributed by atoms with E-state index < -0.39 is 0 Å². The van der Waals surface area contributed by atoms with Gasteiger partial charge in [-0.3, -0.25) is 0 Å². The molecule has 1 N–H and O–H groups in total. The minimum Gasteiger partial charge on any atom is -0.497 e. The summed E-state index contributed by atoms with van der Waals surface area (Å²) < 4.78 is 5.21. The third kappa shape index (κ3) is 4.15. The summed E-state index contributed by atoms with van der Waals surface area (Å²) in [6, 6.07) is 9.29. The van der Waals surface area contributed by atoms with Crippen molar-refractivity contribution in [3.63, 3.8) is 0 Å². The summed E-state index contributed by atoms with van der Waals surface area (Å²) in [5.41, 5.74) is 1.46. The molecule has 0 radical (unpaired) electrons. The van der Waals surface area contributed by atoms with Gasteiger partial charge in [-0.15, -0.1) is 0 Å². The van der Waals surface area contributed by atoms with Crippen LogP contribution in [0.3, 0.4) is 0 Å². The molecule has 0 bridgehead atoms. The normalized spacial score (nSPS) is 26.3. The second-order valence-electron chi connectivity index (χ2n) is 6.05. The molecule has 21 heavy (non-hydrogen) atoms. The second-order valence-corrected chi connectivity index (χ2v) is 7.27. The van der Waals surface area contributed by atoms with Gasteiger partial charge in [0.15, 0.2) is 0 Å². The predicted octanol–water partition coefficient (Wildman–Crippen LogP) is 2.58. The lowest BCUT2D eigenvalue weighted by Crippen LogP contribution is -2.44. The van der Waals surface area contributed by atoms with Gasteiger partial charge in [0, 0.05) is 43.7 Å². The molecule has 4 heteroatoms. The molecule has 1 heterocycles. The van der Waals surface area contributed by atoms with Gasteiger partial charge in [-0.05, 0) is 36.5 Å². The largest absolute Gasteiger partial charge is 0.497 e. The number of thioether (sulfide) groups is 1. The van der Waals surface area contributed by atoms with Crippen LogP contribution in [0.4, 0.5) is 0 Å². The first-order valence-electron chi connectivity index (χ1n) is 8.02. The number of methoxy groups -OCH3 is 1. The average molecular weight is 306 g/mol. The maximum absolute atomic E-state index is 5.21. The lowest BCUT2D eigenvalue weighted by molar-refractivity contribution is 0.255. The number of ether oxygens (including phenoxy) is 1. The van der Waals surface area contributed by atoms with Gasteiger partial charge in [-0.2, -0.15) is 11.8 Å². The van der Waals surface area contributed by atoms with Crippen LogP contribution in [0, 0.1) is 0 Å². The minimum absolute atomic E-state index is 0.719. The van der Waals surface area contributed by atoms with Crippen molar-refractivity contribution in [2.24, 2.45) is 0 Å². The van der Waals surface area contributed by atoms with Gasteiger partial charge in [0.2, 0.25) is 0 Å². The maximum Gasteiger partial charge on any atom is 0.118 e. The van der Waals surface area contributed by atoms with Crippen LogP contribution in [0.1, 0.15) is 24.3 Å². The lowest BCUT2D eigenvalue weighted by Gasteiger charge is -2.37. The van der Waals surface area contributed by atoms with Crippen LogP contribution >= 0.6 is 11.8 Å². The van der Waals surface area contributed by atoms with Crippen molar-refractivity contribution in [1.82, 2.24) is 10.2 Å². The fraction of sp³-hybridized carbons (Fsp3) is 0.647. The Morgan fingerprint density at radius 1 is 1.19 bits per heavy atom. The van der Waals surface area contributed by atoms with E-state index in [2.05, 4.69) is 46.2 Å². The first-order chi connectivity index (χ1) is 10.3. The molecule has 1 aliphatic heterocycles. The number of rotatable bonds is 6. The van der Waals surface area contributed by atoms with E-state index in [1.165, 1.54) is 49.5 Å². The van der Waals surface area contributed by atoms with Gasteiger partial charge < -0.3 is 15.0 Å². The monoisotopic (exact) mass is 306 g/mol. The molecule has 0 spiro atoms. The lowest BCUT2D eigenvalue weighted by atomic mass is 9.76. The molecule has 2 aliphatic rings. The minimum atomic E-state index is 0.719. The molecule has 0 amide bonds. The third-order valence-electron chi connectivity index (χ3n) is 4.69. The standard InChI is InChI=1S/C17H26N2OS/c1-20-17-4-2-14(3-5-17)15-12-16(13-15)18-6-7-19-8-10-21-11-9-19/h2-5,15-16,18H,6-13H2,1H3. The molecular weight excluding hydrogens is 280 g/mol. The van der Waals surface area contributed by atoms with E-state index >= 15 is 0 Å². The molecule has 0 unspecified atom stereocenters. The summed E-state index contributed by atoms with van der Waals surface area (Å²) in [5, 5.41) is 3.72. The van der Waals surface area contributed by atoms with Gasteiger partial charge in [-0.1, -0.05) is 12.1 Å². The Bertz CT molecular complexity index is 425. The smallest absolute Gasteiger partial charge is 0.118 e. The molecule has 1 aromatic carbocycles. The van der Waals surface area contributed by atoms with Crippen molar-refractivity contribution < 1.29 is 4.74 Å². The van der Waals surface area contributed by atoms with Gasteiger partial charge in [0.1, 0.15) is 5.75 Å². The Morgan fingerprint density at radius 2 is 1.90 bits per heavy atom. The Hall–Kier alpha value is -0.710. The van der Waals surface area contributed by atoms with Crippen molar-refractivity contribution in [3.8, 4) is 5.75 Å². The zero-order chi connectivity index (χ0) is 14.5. The molecule has 0 atom stereocenters. The molecular formula is C17H26N2OS. The van der Waals surface area contributed by atoms with Gasteiger partial charge >= 0.3 is 0 Å². The SMILES string of the molecule is COc1ccc(C2CC(NCCN3CCSCC3)C2)cc1. The van der Waals surface area contributed by atoms with Crippen molar-refractivity contribution in [3.05, 3.63) is 29.8 Å². The van der Waals surface area contributed by atoms with E-state index in [0.29, 0.717) is 0 Å². The van der Waals surface area contributed by atoms with Crippen LogP contribution in [0.5, 0.6) is 5.75 Å². The Kier molecular flexibility index (Phi) is 5.44. The third-order valence-corrected chi connectivity index (χ3v) is 5.63. The molecule has 1 aliphatic carbocycles. The molecule has 1 aromatic rings. The van der Waals surface area contributed by atoms with Crippen LogP contribution in [-0.2, 0) is 0 Å². The Balaban J connectivity index is 1.33. The summed E-state index contributed by atoms with van der Waals surface area (Å²) >= 11 is 2.08. The number of nitrogens with zero attached hydrogens (tertiary/aromatic N) is 1. The summed E-state index contributed by atoms with van der Waals surface area (Å²) in [5.74, 6) is 4.30. The molecule has 2 fully saturated rings. The Labute approximate surface area is 132 Å². The summed E-state index contributed by atoms with van der Waals surface area (Å²) in [7, 11) is 1.72. The van der Waals surface area contributed by atoms with Crippen molar-refractivity contribution >= 4 is 11.8 Å². The topological polar surface area (TPSA) is 24.5 Å². The quantitative estimate of drug-likeness (QED) is 0.873. The van der Waals surface area contributed by atoms with Gasteiger partial charge in [-0.25, -0.2) is 0 Å². The van der Waals surface area contributed by atoms with Gasteiger partial charge in [0.05, 0.1) is 7.11 Å². The maximum atomic E-state index is 5.21. The van der Waals surface area contributed by atoms with E-state index in [1.807, 2.05) is 0 Å². The number of hydrogen-bond acceptors (Lipinski definition) is 4. The van der Waals surface area contributed by atoms with E-state index in [-0.39, 0.29) is 0 Å². The van der Waals surface area contributed by atoms with Crippen LogP contribution < -0.4 is 10.1 Å². The van der Waals surface area contributed by atoms with Crippen molar-refractivity contribution in [2.45, 2.75) is 24.8 Å². The molecule has 3 rings (SSSR count). The highest BCUT2D eigenvalue weighted by Crippen LogP contribution is 2.37. The highest BCUT2D eigenvalue weighted by molar-refractivity contribution is 7.99. The van der Waals surface area contributed by atoms with Crippen LogP contribution in [0.15, 0.2) is 24.3 Å². The first kappa shape index (κ1) is 15.2. The van der Waals surface area contributed by atoms with E-state index in [4.69, 9.17) is 4.74 Å². The Morgan fingerprint density at radius 3 is 2.57 bits per heavy atom. The fourth-order valence-electron chi connectivity index (χ4n) is 3.18. The van der Waals surface area contributed by atoms with Crippen LogP contribution in [0.25, 0.3) is 0 Å². The summed E-state index contributed by atoms with van der Waals surface area (Å²) in [6.45, 7) is 4.89. The summed E-state index contributed by atoms with van der Waals surface area (Å²) in [6.07, 6.45) is 2.56. The second kappa shape index (κ2) is 7.52. The van der Waals surface area contributed by atoms with Crippen LogP contribution in [-0.4, -0.2) is 55.7 Å². The fourth-order valence-corrected chi connectivity index (χ4v) is 4.16. The number of nitrogens with one attached hydrogen (secondary N) is 1. The van der Waals surface area contributed by atoms with Crippen molar-refractivity contribution in [1.29, 1.82) is 0 Å². The molecule has 116 valence electrons. The van der Waals surface area contributed by atoms with E-state index in [0.717, 1.165) is 24.3 Å². The predicted molar refractivity (Wildman–Crippen MR) is 90.5 cm³/mol. The molecule has 1 saturated heterocycles. The number of hydrogen-bond donors (Lipinski definition) is 1. The highest BCUT2D eigenvalue weighted by atomic mass is 32.2. The summed E-state index contributed by atoms with van der Waals surface area (Å²) in [4.78, 5) is 2.59. The average Bonchev–Trinajstić information content (AvgIpc) is 2.51. The molecule has 1 saturated carbocycles. The zero-order valence-electron chi connectivity index (χ0n) is 12.9. The van der Waals surface area contributed by atoms with E-state index in [1.54, 1.807) is 7.11 Å².